The molecule has 2 heterocycles. The minimum atomic E-state index is -4.44. The number of rotatable bonds is 8. The molecule has 1 saturated heterocycles. The molecule has 1 aliphatic heterocycles. The third-order valence-electron chi connectivity index (χ3n) is 6.99. The van der Waals surface area contributed by atoms with E-state index in [0.29, 0.717) is 53.1 Å². The number of nitrogens with one attached hydrogen (secondary N) is 3. The standard InChI is InChI=1S/C29H33F4N5O2/c1-34-28(39)19-9-10-25(27(14-19)40-3)35-12-5-6-21-15-22-24(36-16-20-11-13-37(2)17-23(20)30)7-4-8-26(22)38(21)18-29(31,32)33/h4,7-10,14-15,20,23,35-36H,11-13,16-18H2,1-3H3,(H,34,39)/t20-,23-/m0/s1. The van der Waals surface area contributed by atoms with Gasteiger partial charge in [-0.2, -0.15) is 13.2 Å². The molecule has 1 aromatic heterocycles. The van der Waals surface area contributed by atoms with Gasteiger partial charge in [-0.1, -0.05) is 12.0 Å². The molecule has 2 atom stereocenters. The summed E-state index contributed by atoms with van der Waals surface area (Å²) in [4.78, 5) is 13.8. The number of carbonyl (C=O) groups is 1. The third kappa shape index (κ3) is 6.99. The van der Waals surface area contributed by atoms with Crippen LogP contribution in [0.4, 0.5) is 28.9 Å². The number of carbonyl (C=O) groups excluding carboxylic acids is 1. The number of hydrogen-bond acceptors (Lipinski definition) is 5. The number of aromatic nitrogens is 1. The molecule has 0 bridgehead atoms. The van der Waals surface area contributed by atoms with Crippen molar-refractivity contribution in [2.24, 2.45) is 5.92 Å². The Bertz CT molecular complexity index is 1410. The van der Waals surface area contributed by atoms with E-state index in [1.807, 2.05) is 11.9 Å². The Morgan fingerprint density at radius 2 is 1.95 bits per heavy atom. The summed E-state index contributed by atoms with van der Waals surface area (Å²) >= 11 is 0. The van der Waals surface area contributed by atoms with Gasteiger partial charge < -0.3 is 30.2 Å². The van der Waals surface area contributed by atoms with E-state index < -0.39 is 18.9 Å². The first kappa shape index (κ1) is 29.1. The fourth-order valence-electron chi connectivity index (χ4n) is 4.86. The highest BCUT2D eigenvalue weighted by molar-refractivity contribution is 5.95. The number of likely N-dealkylation sites (tertiary alicyclic amines) is 1. The highest BCUT2D eigenvalue weighted by Gasteiger charge is 2.30. The Morgan fingerprint density at radius 1 is 1.15 bits per heavy atom. The van der Waals surface area contributed by atoms with Gasteiger partial charge in [0.15, 0.2) is 0 Å². The van der Waals surface area contributed by atoms with Crippen LogP contribution in [0, 0.1) is 17.8 Å². The van der Waals surface area contributed by atoms with Gasteiger partial charge in [-0.25, -0.2) is 4.39 Å². The molecule has 4 rings (SSSR count). The van der Waals surface area contributed by atoms with E-state index in [0.717, 1.165) is 11.1 Å². The molecular weight excluding hydrogens is 526 g/mol. The van der Waals surface area contributed by atoms with E-state index in [4.69, 9.17) is 4.74 Å². The second-order valence-electron chi connectivity index (χ2n) is 9.83. The molecule has 3 N–H and O–H groups in total. The molecule has 1 fully saturated rings. The van der Waals surface area contributed by atoms with Crippen molar-refractivity contribution in [3.63, 3.8) is 0 Å². The van der Waals surface area contributed by atoms with Gasteiger partial charge in [-0.3, -0.25) is 4.79 Å². The maximum absolute atomic E-state index is 14.5. The van der Waals surface area contributed by atoms with E-state index in [9.17, 15) is 22.4 Å². The number of benzene rings is 2. The van der Waals surface area contributed by atoms with Crippen molar-refractivity contribution in [3.8, 4) is 17.6 Å². The molecular formula is C29H33F4N5O2. The van der Waals surface area contributed by atoms with Crippen LogP contribution < -0.4 is 20.7 Å². The van der Waals surface area contributed by atoms with Crippen molar-refractivity contribution in [2.45, 2.75) is 25.3 Å². The summed E-state index contributed by atoms with van der Waals surface area (Å²) in [6, 6.07) is 11.6. The molecule has 11 heteroatoms. The van der Waals surface area contributed by atoms with Crippen LogP contribution in [0.3, 0.4) is 0 Å². The van der Waals surface area contributed by atoms with Crippen LogP contribution in [-0.2, 0) is 6.54 Å². The number of amides is 1. The van der Waals surface area contributed by atoms with Gasteiger partial charge in [0.25, 0.3) is 5.91 Å². The number of ether oxygens (including phenoxy) is 1. The number of nitrogens with zero attached hydrogens (tertiary/aromatic N) is 2. The summed E-state index contributed by atoms with van der Waals surface area (Å²) < 4.78 is 61.6. The van der Waals surface area contributed by atoms with Crippen molar-refractivity contribution in [1.82, 2.24) is 14.8 Å². The van der Waals surface area contributed by atoms with E-state index in [1.165, 1.54) is 14.2 Å². The minimum absolute atomic E-state index is 0.127. The smallest absolute Gasteiger partial charge is 0.406 e. The second kappa shape index (κ2) is 12.5. The zero-order chi connectivity index (χ0) is 28.9. The Hall–Kier alpha value is -3.91. The molecule has 0 aliphatic carbocycles. The zero-order valence-corrected chi connectivity index (χ0v) is 22.7. The second-order valence-corrected chi connectivity index (χ2v) is 9.83. The summed E-state index contributed by atoms with van der Waals surface area (Å²) in [6.07, 6.45) is -4.70. The van der Waals surface area contributed by atoms with Crippen LogP contribution in [0.15, 0.2) is 42.5 Å². The van der Waals surface area contributed by atoms with E-state index in [2.05, 4.69) is 27.8 Å². The zero-order valence-electron chi connectivity index (χ0n) is 22.7. The number of methoxy groups -OCH3 is 1. The molecule has 1 aliphatic rings. The van der Waals surface area contributed by atoms with Gasteiger partial charge >= 0.3 is 6.18 Å². The molecule has 0 unspecified atom stereocenters. The van der Waals surface area contributed by atoms with Crippen LogP contribution in [0.25, 0.3) is 10.9 Å². The molecule has 40 heavy (non-hydrogen) atoms. The molecule has 0 saturated carbocycles. The number of anilines is 2. The SMILES string of the molecule is CNC(=O)c1ccc(NCC#Cc2cc3c(NC[C@@H]4CCN(C)C[C@@H]4F)cccc3n2CC(F)(F)F)c(OC)c1. The summed E-state index contributed by atoms with van der Waals surface area (Å²) in [7, 11) is 4.89. The lowest BCUT2D eigenvalue weighted by Gasteiger charge is -2.32. The predicted octanol–water partition coefficient (Wildman–Crippen LogP) is 4.74. The summed E-state index contributed by atoms with van der Waals surface area (Å²) in [5.74, 6) is 5.77. The molecule has 3 aromatic rings. The Balaban J connectivity index is 1.55. The van der Waals surface area contributed by atoms with Crippen molar-refractivity contribution in [3.05, 3.63) is 53.7 Å². The third-order valence-corrected chi connectivity index (χ3v) is 6.99. The Labute approximate surface area is 230 Å². The van der Waals surface area contributed by atoms with Gasteiger partial charge in [0.1, 0.15) is 18.5 Å². The van der Waals surface area contributed by atoms with Gasteiger partial charge in [0, 0.05) is 42.7 Å². The van der Waals surface area contributed by atoms with Crippen molar-refractivity contribution < 1.29 is 27.1 Å². The lowest BCUT2D eigenvalue weighted by molar-refractivity contribution is -0.140. The van der Waals surface area contributed by atoms with E-state index in [-0.39, 0.29) is 24.1 Å². The van der Waals surface area contributed by atoms with Crippen molar-refractivity contribution in [2.75, 3.05) is 58.0 Å². The van der Waals surface area contributed by atoms with Crippen LogP contribution in [0.5, 0.6) is 5.75 Å². The normalized spacial score (nSPS) is 17.7. The first-order chi connectivity index (χ1) is 19.1. The fourth-order valence-corrected chi connectivity index (χ4v) is 4.86. The molecule has 1 amide bonds. The molecule has 7 nitrogen and oxygen atoms in total. The summed E-state index contributed by atoms with van der Waals surface area (Å²) in [5.41, 5.74) is 2.27. The van der Waals surface area contributed by atoms with Crippen molar-refractivity contribution >= 4 is 28.2 Å². The van der Waals surface area contributed by atoms with Crippen LogP contribution in [0.2, 0.25) is 0 Å². The highest BCUT2D eigenvalue weighted by atomic mass is 19.4. The van der Waals surface area contributed by atoms with Gasteiger partial charge in [0.05, 0.1) is 30.6 Å². The maximum atomic E-state index is 14.5. The van der Waals surface area contributed by atoms with Crippen LogP contribution in [0.1, 0.15) is 22.5 Å². The lowest BCUT2D eigenvalue weighted by Crippen LogP contribution is -2.41. The average Bonchev–Trinajstić information content (AvgIpc) is 3.26. The van der Waals surface area contributed by atoms with E-state index >= 15 is 0 Å². The fraction of sp³-hybridized carbons (Fsp3) is 0.414. The predicted molar refractivity (Wildman–Crippen MR) is 149 cm³/mol. The number of alkyl halides is 4. The number of piperidine rings is 1. The average molecular weight is 560 g/mol. The minimum Gasteiger partial charge on any atom is -0.495 e. The quantitative estimate of drug-likeness (QED) is 0.275. The number of halogens is 4. The van der Waals surface area contributed by atoms with E-state index in [1.54, 1.807) is 42.5 Å². The highest BCUT2D eigenvalue weighted by Crippen LogP contribution is 2.31. The summed E-state index contributed by atoms with van der Waals surface area (Å²) in [5, 5.41) is 9.49. The van der Waals surface area contributed by atoms with Gasteiger partial charge in [-0.15, -0.1) is 0 Å². The topological polar surface area (TPSA) is 70.6 Å². The van der Waals surface area contributed by atoms with Crippen LogP contribution >= 0.6 is 0 Å². The monoisotopic (exact) mass is 559 g/mol. The molecule has 214 valence electrons. The molecule has 0 radical (unpaired) electrons. The Morgan fingerprint density at radius 3 is 2.65 bits per heavy atom. The molecule has 2 aromatic carbocycles. The first-order valence-corrected chi connectivity index (χ1v) is 13.0. The first-order valence-electron chi connectivity index (χ1n) is 13.0. The molecule has 0 spiro atoms. The summed E-state index contributed by atoms with van der Waals surface area (Å²) in [6.45, 7) is 0.507. The lowest BCUT2D eigenvalue weighted by atomic mass is 9.95. The largest absolute Gasteiger partial charge is 0.495 e. The Kier molecular flexibility index (Phi) is 9.10. The number of hydrogen-bond donors (Lipinski definition) is 3. The maximum Gasteiger partial charge on any atom is 0.406 e. The van der Waals surface area contributed by atoms with Crippen LogP contribution in [-0.4, -0.2) is 75.1 Å². The van der Waals surface area contributed by atoms with Gasteiger partial charge in [-0.05, 0) is 62.3 Å². The van der Waals surface area contributed by atoms with Crippen molar-refractivity contribution in [1.29, 1.82) is 0 Å². The van der Waals surface area contributed by atoms with Gasteiger partial charge in [0.2, 0.25) is 0 Å². The number of fused-ring (bicyclic) bond motifs is 1.